The van der Waals surface area contributed by atoms with Gasteiger partial charge in [-0.1, -0.05) is 18.2 Å². The van der Waals surface area contributed by atoms with Crippen molar-refractivity contribution in [3.8, 4) is 0 Å². The van der Waals surface area contributed by atoms with Gasteiger partial charge in [0.25, 0.3) is 5.91 Å². The van der Waals surface area contributed by atoms with Crippen molar-refractivity contribution in [1.29, 1.82) is 0 Å². The molecule has 1 aromatic carbocycles. The van der Waals surface area contributed by atoms with Gasteiger partial charge in [0.15, 0.2) is 6.10 Å². The van der Waals surface area contributed by atoms with Crippen LogP contribution in [0.15, 0.2) is 30.3 Å². The van der Waals surface area contributed by atoms with Crippen LogP contribution in [-0.4, -0.2) is 35.7 Å². The van der Waals surface area contributed by atoms with Crippen LogP contribution in [0.4, 0.5) is 5.69 Å². The highest BCUT2D eigenvalue weighted by molar-refractivity contribution is 5.97. The summed E-state index contributed by atoms with van der Waals surface area (Å²) in [4.78, 5) is 24.8. The molecular formula is C14H17NO4. The lowest BCUT2D eigenvalue weighted by molar-refractivity contribution is -0.151. The Hall–Kier alpha value is -1.88. The van der Waals surface area contributed by atoms with E-state index in [1.807, 2.05) is 37.3 Å². The number of anilines is 1. The summed E-state index contributed by atoms with van der Waals surface area (Å²) >= 11 is 0. The summed E-state index contributed by atoms with van der Waals surface area (Å²) in [7, 11) is 0. The zero-order valence-corrected chi connectivity index (χ0v) is 10.8. The van der Waals surface area contributed by atoms with Crippen molar-refractivity contribution in [1.82, 2.24) is 0 Å². The third-order valence-electron chi connectivity index (χ3n) is 3.22. The van der Waals surface area contributed by atoms with Crippen molar-refractivity contribution in [2.24, 2.45) is 0 Å². The first-order chi connectivity index (χ1) is 9.13. The summed E-state index contributed by atoms with van der Waals surface area (Å²) < 4.78 is 5.30. The monoisotopic (exact) mass is 263 g/mol. The summed E-state index contributed by atoms with van der Waals surface area (Å²) in [6.07, 6.45) is -0.665. The molecule has 0 unspecified atom stereocenters. The Morgan fingerprint density at radius 3 is 2.42 bits per heavy atom. The van der Waals surface area contributed by atoms with Crippen molar-refractivity contribution in [3.05, 3.63) is 30.3 Å². The minimum atomic E-state index is -1.00. The van der Waals surface area contributed by atoms with Crippen LogP contribution in [0, 0.1) is 0 Å². The van der Waals surface area contributed by atoms with Gasteiger partial charge in [-0.3, -0.25) is 4.79 Å². The van der Waals surface area contributed by atoms with Gasteiger partial charge in [0.1, 0.15) is 6.10 Å². The van der Waals surface area contributed by atoms with E-state index in [9.17, 15) is 9.59 Å². The molecule has 0 bridgehead atoms. The number of likely N-dealkylation sites (N-methyl/N-ethyl adjacent to an activating group) is 1. The summed E-state index contributed by atoms with van der Waals surface area (Å²) in [5.74, 6) is -1.17. The number of carboxylic acids is 1. The van der Waals surface area contributed by atoms with Crippen LogP contribution >= 0.6 is 0 Å². The molecule has 2 atom stereocenters. The Balaban J connectivity index is 2.08. The Labute approximate surface area is 111 Å². The molecule has 2 rings (SSSR count). The van der Waals surface area contributed by atoms with E-state index in [1.165, 1.54) is 0 Å². The van der Waals surface area contributed by atoms with Gasteiger partial charge in [-0.25, -0.2) is 4.79 Å². The van der Waals surface area contributed by atoms with Crippen LogP contribution in [0.25, 0.3) is 0 Å². The van der Waals surface area contributed by atoms with E-state index in [4.69, 9.17) is 9.84 Å². The topological polar surface area (TPSA) is 66.8 Å². The number of nitrogens with zero attached hydrogens (tertiary/aromatic N) is 1. The molecule has 1 amide bonds. The van der Waals surface area contributed by atoms with Gasteiger partial charge >= 0.3 is 5.97 Å². The van der Waals surface area contributed by atoms with Crippen molar-refractivity contribution in [2.75, 3.05) is 11.4 Å². The number of hydrogen-bond donors (Lipinski definition) is 1. The maximum absolute atomic E-state index is 12.4. The zero-order chi connectivity index (χ0) is 13.8. The van der Waals surface area contributed by atoms with Gasteiger partial charge in [-0.05, 0) is 31.9 Å². The van der Waals surface area contributed by atoms with Gasteiger partial charge < -0.3 is 14.7 Å². The fraction of sp³-hybridized carbons (Fsp3) is 0.429. The summed E-state index contributed by atoms with van der Waals surface area (Å²) in [5.41, 5.74) is 0.803. The summed E-state index contributed by atoms with van der Waals surface area (Å²) in [6, 6.07) is 9.31. The SMILES string of the molecule is CCN(C(=O)[C@@H]1CC[C@H](C(=O)O)O1)c1ccccc1. The number of aliphatic carboxylic acids is 1. The highest BCUT2D eigenvalue weighted by atomic mass is 16.5. The fourth-order valence-corrected chi connectivity index (χ4v) is 2.25. The number of amides is 1. The lowest BCUT2D eigenvalue weighted by Gasteiger charge is -2.24. The number of para-hydroxylation sites is 1. The first-order valence-electron chi connectivity index (χ1n) is 6.38. The quantitative estimate of drug-likeness (QED) is 0.897. The number of carbonyl (C=O) groups excluding carboxylic acids is 1. The smallest absolute Gasteiger partial charge is 0.332 e. The maximum atomic E-state index is 12.4. The lowest BCUT2D eigenvalue weighted by Crippen LogP contribution is -2.39. The standard InChI is InChI=1S/C14H17NO4/c1-2-15(10-6-4-3-5-7-10)13(16)11-8-9-12(19-11)14(17)18/h3-7,11-12H,2,8-9H2,1H3,(H,17,18)/t11-,12+/m0/s1. The number of carbonyl (C=O) groups is 2. The van der Waals surface area contributed by atoms with Crippen LogP contribution in [0.2, 0.25) is 0 Å². The van der Waals surface area contributed by atoms with Crippen molar-refractivity contribution in [2.45, 2.75) is 32.0 Å². The number of hydrogen-bond acceptors (Lipinski definition) is 3. The molecule has 102 valence electrons. The molecule has 1 N–H and O–H groups in total. The third-order valence-corrected chi connectivity index (χ3v) is 3.22. The molecule has 1 fully saturated rings. The van der Waals surface area contributed by atoms with Crippen LogP contribution in [0.3, 0.4) is 0 Å². The van der Waals surface area contributed by atoms with Gasteiger partial charge in [0, 0.05) is 12.2 Å². The van der Waals surface area contributed by atoms with Crippen LogP contribution in [0.5, 0.6) is 0 Å². The molecule has 5 nitrogen and oxygen atoms in total. The highest BCUT2D eigenvalue weighted by Crippen LogP contribution is 2.24. The normalized spacial score (nSPS) is 22.2. The Bertz CT molecular complexity index is 460. The summed E-state index contributed by atoms with van der Waals surface area (Å²) in [5, 5.41) is 8.88. The molecule has 5 heteroatoms. The molecule has 0 aliphatic carbocycles. The predicted octanol–water partition coefficient (Wildman–Crippen LogP) is 1.67. The second-order valence-corrected chi connectivity index (χ2v) is 4.45. The molecule has 0 spiro atoms. The van der Waals surface area contributed by atoms with Crippen LogP contribution < -0.4 is 4.90 Å². The van der Waals surface area contributed by atoms with E-state index >= 15 is 0 Å². The van der Waals surface area contributed by atoms with E-state index < -0.39 is 18.2 Å². The molecule has 1 saturated heterocycles. The molecular weight excluding hydrogens is 246 g/mol. The number of carboxylic acid groups (broad SMARTS) is 1. The van der Waals surface area contributed by atoms with Crippen molar-refractivity contribution < 1.29 is 19.4 Å². The molecule has 0 aromatic heterocycles. The first kappa shape index (κ1) is 13.5. The average Bonchev–Trinajstić information content (AvgIpc) is 2.90. The van der Waals surface area contributed by atoms with Crippen molar-refractivity contribution in [3.63, 3.8) is 0 Å². The minimum absolute atomic E-state index is 0.169. The molecule has 1 aliphatic heterocycles. The number of benzene rings is 1. The Morgan fingerprint density at radius 1 is 1.26 bits per heavy atom. The van der Waals surface area contributed by atoms with Gasteiger partial charge in [0.05, 0.1) is 0 Å². The first-order valence-corrected chi connectivity index (χ1v) is 6.38. The second kappa shape index (κ2) is 5.84. The molecule has 0 saturated carbocycles. The van der Waals surface area contributed by atoms with Gasteiger partial charge in [-0.2, -0.15) is 0 Å². The second-order valence-electron chi connectivity index (χ2n) is 4.45. The predicted molar refractivity (Wildman–Crippen MR) is 70.0 cm³/mol. The molecule has 1 aromatic rings. The van der Waals surface area contributed by atoms with E-state index in [0.717, 1.165) is 5.69 Å². The summed E-state index contributed by atoms with van der Waals surface area (Å²) in [6.45, 7) is 2.41. The van der Waals surface area contributed by atoms with E-state index in [0.29, 0.717) is 19.4 Å². The Morgan fingerprint density at radius 2 is 1.89 bits per heavy atom. The maximum Gasteiger partial charge on any atom is 0.332 e. The van der Waals surface area contributed by atoms with E-state index in [-0.39, 0.29) is 5.91 Å². The van der Waals surface area contributed by atoms with E-state index in [2.05, 4.69) is 0 Å². The minimum Gasteiger partial charge on any atom is -0.479 e. The fourth-order valence-electron chi connectivity index (χ4n) is 2.25. The molecule has 0 radical (unpaired) electrons. The molecule has 19 heavy (non-hydrogen) atoms. The lowest BCUT2D eigenvalue weighted by atomic mass is 10.1. The van der Waals surface area contributed by atoms with Crippen LogP contribution in [-0.2, 0) is 14.3 Å². The van der Waals surface area contributed by atoms with Crippen LogP contribution in [0.1, 0.15) is 19.8 Å². The Kier molecular flexibility index (Phi) is 4.16. The molecule has 1 heterocycles. The largest absolute Gasteiger partial charge is 0.479 e. The van der Waals surface area contributed by atoms with Gasteiger partial charge in [0.2, 0.25) is 0 Å². The van der Waals surface area contributed by atoms with E-state index in [1.54, 1.807) is 4.90 Å². The van der Waals surface area contributed by atoms with Gasteiger partial charge in [-0.15, -0.1) is 0 Å². The van der Waals surface area contributed by atoms with Crippen molar-refractivity contribution >= 4 is 17.6 Å². The average molecular weight is 263 g/mol. The molecule has 1 aliphatic rings. The highest BCUT2D eigenvalue weighted by Gasteiger charge is 2.36. The number of rotatable bonds is 4. The number of ether oxygens (including phenoxy) is 1. The zero-order valence-electron chi connectivity index (χ0n) is 10.8. The third kappa shape index (κ3) is 2.93.